The molecule has 0 bridgehead atoms. The van der Waals surface area contributed by atoms with Gasteiger partial charge in [0.15, 0.2) is 6.29 Å². The van der Waals surface area contributed by atoms with Crippen molar-refractivity contribution in [1.29, 1.82) is 0 Å². The fraction of sp³-hybridized carbons (Fsp3) is 0.884. The number of ether oxygens (including phenoxy) is 2. The maximum absolute atomic E-state index is 13.0. The quantitative estimate of drug-likeness (QED) is 0.0269. The minimum absolute atomic E-state index is 0.247. The first-order valence-electron chi connectivity index (χ1n) is 21.7. The van der Waals surface area contributed by atoms with Gasteiger partial charge in [-0.2, -0.15) is 0 Å². The molecule has 0 aromatic heterocycles. The first-order chi connectivity index (χ1) is 26.2. The second kappa shape index (κ2) is 33.7. The summed E-state index contributed by atoms with van der Waals surface area (Å²) in [6, 6.07) is -1.18. The number of nitrogens with one attached hydrogen (secondary N) is 1. The molecule has 1 saturated heterocycles. The standard InChI is InChI=1S/C43H81NO10/c1-3-5-7-9-11-13-15-17-18-19-21-23-25-27-29-31-36(47)42(52)44-34(33-53-43-41(51)40(50)39(49)37(32-45)54-43)38(48)35(46)30-28-26-24-22-20-16-14-12-10-8-6-4-2/h12,14,22,24,34-41,43,45-51H,3-11,13,15-21,23,25-33H2,1-2H3,(H,44,52)/b14-12+,24-22+. The van der Waals surface area contributed by atoms with Crippen molar-refractivity contribution in [3.05, 3.63) is 24.3 Å². The number of carbonyl (C=O) groups excluding carboxylic acids is 1. The van der Waals surface area contributed by atoms with Crippen molar-refractivity contribution in [3.8, 4) is 0 Å². The summed E-state index contributed by atoms with van der Waals surface area (Å²) in [5, 5.41) is 75.4. The van der Waals surface area contributed by atoms with Gasteiger partial charge in [0, 0.05) is 0 Å². The van der Waals surface area contributed by atoms with E-state index in [0.717, 1.165) is 38.5 Å². The van der Waals surface area contributed by atoms with Crippen molar-refractivity contribution < 1.29 is 50.0 Å². The number of rotatable bonds is 35. The first-order valence-corrected chi connectivity index (χ1v) is 21.7. The van der Waals surface area contributed by atoms with Gasteiger partial charge < -0.3 is 50.5 Å². The highest BCUT2D eigenvalue weighted by atomic mass is 16.7. The zero-order valence-electron chi connectivity index (χ0n) is 34.0. The lowest BCUT2D eigenvalue weighted by Crippen LogP contribution is -2.60. The molecule has 9 unspecified atom stereocenters. The molecule has 1 aliphatic rings. The lowest BCUT2D eigenvalue weighted by molar-refractivity contribution is -0.303. The highest BCUT2D eigenvalue weighted by Gasteiger charge is 2.44. The van der Waals surface area contributed by atoms with E-state index in [0.29, 0.717) is 19.3 Å². The molecule has 1 rings (SSSR count). The Kier molecular flexibility index (Phi) is 31.6. The number of aliphatic hydroxyl groups is 7. The topological polar surface area (TPSA) is 189 Å². The lowest BCUT2D eigenvalue weighted by atomic mass is 9.98. The van der Waals surface area contributed by atoms with Crippen LogP contribution in [0.1, 0.15) is 174 Å². The van der Waals surface area contributed by atoms with Crippen LogP contribution >= 0.6 is 0 Å². The van der Waals surface area contributed by atoms with E-state index in [9.17, 15) is 40.5 Å². The van der Waals surface area contributed by atoms with E-state index in [1.807, 2.05) is 0 Å². The number of aliphatic hydroxyl groups excluding tert-OH is 7. The summed E-state index contributed by atoms with van der Waals surface area (Å²) in [5.41, 5.74) is 0. The van der Waals surface area contributed by atoms with Crippen molar-refractivity contribution >= 4 is 5.91 Å². The Balaban J connectivity index is 2.52. The summed E-state index contributed by atoms with van der Waals surface area (Å²) in [6.45, 7) is 3.37. The van der Waals surface area contributed by atoms with E-state index in [4.69, 9.17) is 9.47 Å². The van der Waals surface area contributed by atoms with E-state index in [-0.39, 0.29) is 12.8 Å². The molecule has 0 aromatic carbocycles. The Morgan fingerprint density at radius 2 is 1.11 bits per heavy atom. The molecule has 1 heterocycles. The minimum atomic E-state index is -1.67. The summed E-state index contributed by atoms with van der Waals surface area (Å²) in [4.78, 5) is 13.0. The third kappa shape index (κ3) is 23.6. The van der Waals surface area contributed by atoms with Gasteiger partial charge in [-0.1, -0.05) is 147 Å². The molecule has 1 aliphatic heterocycles. The highest BCUT2D eigenvalue weighted by molar-refractivity contribution is 5.80. The Labute approximate surface area is 327 Å². The molecular formula is C43H81NO10. The van der Waals surface area contributed by atoms with E-state index in [1.165, 1.54) is 89.9 Å². The van der Waals surface area contributed by atoms with Crippen molar-refractivity contribution in [3.63, 3.8) is 0 Å². The van der Waals surface area contributed by atoms with E-state index >= 15 is 0 Å². The molecule has 0 saturated carbocycles. The third-order valence-electron chi connectivity index (χ3n) is 10.5. The lowest BCUT2D eigenvalue weighted by Gasteiger charge is -2.40. The first kappa shape index (κ1) is 50.6. The van der Waals surface area contributed by atoms with Crippen LogP contribution < -0.4 is 5.32 Å². The molecule has 11 heteroatoms. The second-order valence-electron chi connectivity index (χ2n) is 15.4. The molecule has 1 fully saturated rings. The van der Waals surface area contributed by atoms with Crippen LogP contribution in [0.4, 0.5) is 0 Å². The number of hydrogen-bond donors (Lipinski definition) is 8. The summed E-state index contributed by atoms with van der Waals surface area (Å²) in [6.07, 6.45) is 23.8. The van der Waals surface area contributed by atoms with Crippen LogP contribution in [0.15, 0.2) is 24.3 Å². The van der Waals surface area contributed by atoms with Gasteiger partial charge in [0.25, 0.3) is 0 Å². The molecule has 0 spiro atoms. The van der Waals surface area contributed by atoms with Crippen molar-refractivity contribution in [2.45, 2.75) is 229 Å². The minimum Gasteiger partial charge on any atom is -0.394 e. The van der Waals surface area contributed by atoms with E-state index in [2.05, 4.69) is 43.5 Å². The van der Waals surface area contributed by atoms with Gasteiger partial charge in [-0.25, -0.2) is 0 Å². The average Bonchev–Trinajstić information content (AvgIpc) is 3.17. The molecule has 0 aromatic rings. The summed E-state index contributed by atoms with van der Waals surface area (Å²) in [7, 11) is 0. The Morgan fingerprint density at radius 3 is 1.65 bits per heavy atom. The molecule has 318 valence electrons. The van der Waals surface area contributed by atoms with Crippen LogP contribution in [0.5, 0.6) is 0 Å². The maximum Gasteiger partial charge on any atom is 0.249 e. The summed E-state index contributed by atoms with van der Waals surface area (Å²) in [5.74, 6) is -0.712. The highest BCUT2D eigenvalue weighted by Crippen LogP contribution is 2.23. The SMILES string of the molecule is CCCCC/C=C/CC/C=C/CCCC(O)C(O)C(COC1OC(CO)C(O)C(O)C1O)NC(=O)C(O)CCCCCCCCCCCCCCCCC. The van der Waals surface area contributed by atoms with Crippen LogP contribution in [0.25, 0.3) is 0 Å². The van der Waals surface area contributed by atoms with Gasteiger partial charge in [0.2, 0.25) is 5.91 Å². The monoisotopic (exact) mass is 772 g/mol. The van der Waals surface area contributed by atoms with Crippen molar-refractivity contribution in [2.24, 2.45) is 0 Å². The number of allylic oxidation sites excluding steroid dienone is 4. The molecule has 9 atom stereocenters. The zero-order valence-corrected chi connectivity index (χ0v) is 34.0. The Hall–Kier alpha value is -1.41. The second-order valence-corrected chi connectivity index (χ2v) is 15.4. The molecular weight excluding hydrogens is 690 g/mol. The van der Waals surface area contributed by atoms with Crippen LogP contribution in [0.2, 0.25) is 0 Å². The number of hydrogen-bond acceptors (Lipinski definition) is 10. The fourth-order valence-corrected chi connectivity index (χ4v) is 6.81. The predicted molar refractivity (Wildman–Crippen MR) is 215 cm³/mol. The van der Waals surface area contributed by atoms with Gasteiger partial charge >= 0.3 is 0 Å². The van der Waals surface area contributed by atoms with Crippen LogP contribution in [0, 0.1) is 0 Å². The van der Waals surface area contributed by atoms with Gasteiger partial charge in [-0.15, -0.1) is 0 Å². The predicted octanol–water partition coefficient (Wildman–Crippen LogP) is 6.28. The fourth-order valence-electron chi connectivity index (χ4n) is 6.81. The Bertz CT molecular complexity index is 934. The average molecular weight is 772 g/mol. The van der Waals surface area contributed by atoms with Crippen LogP contribution in [-0.2, 0) is 14.3 Å². The molecule has 11 nitrogen and oxygen atoms in total. The maximum atomic E-state index is 13.0. The molecule has 0 radical (unpaired) electrons. The van der Waals surface area contributed by atoms with Gasteiger partial charge in [-0.05, 0) is 51.4 Å². The van der Waals surface area contributed by atoms with Gasteiger partial charge in [-0.3, -0.25) is 4.79 Å². The molecule has 8 N–H and O–H groups in total. The molecule has 1 amide bonds. The number of unbranched alkanes of at least 4 members (excludes halogenated alkanes) is 19. The summed E-state index contributed by atoms with van der Waals surface area (Å²) >= 11 is 0. The normalized spacial score (nSPS) is 22.9. The Morgan fingerprint density at radius 1 is 0.630 bits per heavy atom. The zero-order chi connectivity index (χ0) is 39.8. The van der Waals surface area contributed by atoms with E-state index in [1.54, 1.807) is 0 Å². The molecule has 0 aliphatic carbocycles. The summed E-state index contributed by atoms with van der Waals surface area (Å²) < 4.78 is 11.0. The van der Waals surface area contributed by atoms with E-state index < -0.39 is 74.2 Å². The molecule has 54 heavy (non-hydrogen) atoms. The number of amides is 1. The van der Waals surface area contributed by atoms with Crippen LogP contribution in [0.3, 0.4) is 0 Å². The van der Waals surface area contributed by atoms with Crippen molar-refractivity contribution in [1.82, 2.24) is 5.32 Å². The third-order valence-corrected chi connectivity index (χ3v) is 10.5. The number of carbonyl (C=O) groups is 1. The van der Waals surface area contributed by atoms with Crippen molar-refractivity contribution in [2.75, 3.05) is 13.2 Å². The largest absolute Gasteiger partial charge is 0.394 e. The van der Waals surface area contributed by atoms with Crippen LogP contribution in [-0.4, -0.2) is 110 Å². The van der Waals surface area contributed by atoms with Gasteiger partial charge in [0.1, 0.15) is 36.6 Å². The smallest absolute Gasteiger partial charge is 0.249 e. The van der Waals surface area contributed by atoms with Gasteiger partial charge in [0.05, 0.1) is 25.4 Å².